The predicted octanol–water partition coefficient (Wildman–Crippen LogP) is 3.97. The van der Waals surface area contributed by atoms with Crippen molar-refractivity contribution in [1.29, 1.82) is 0 Å². The van der Waals surface area contributed by atoms with E-state index in [4.69, 9.17) is 0 Å². The van der Waals surface area contributed by atoms with E-state index in [1.807, 2.05) is 17.5 Å². The molecule has 0 aliphatic carbocycles. The van der Waals surface area contributed by atoms with Crippen molar-refractivity contribution in [2.75, 3.05) is 19.6 Å². The van der Waals surface area contributed by atoms with Gasteiger partial charge in [0.25, 0.3) is 0 Å². The molecular weight excluding hydrogens is 323 g/mol. The molecule has 5 heteroatoms. The molecule has 1 aliphatic heterocycles. The monoisotopic (exact) mass is 346 g/mol. The minimum absolute atomic E-state index is 0.0274. The smallest absolute Gasteiger partial charge is 0.234 e. The Bertz CT molecular complexity index is 634. The van der Waals surface area contributed by atoms with Crippen LogP contribution >= 0.6 is 11.3 Å². The van der Waals surface area contributed by atoms with Crippen LogP contribution in [0.5, 0.6) is 0 Å². The molecule has 2 heterocycles. The van der Waals surface area contributed by atoms with Crippen LogP contribution in [0.4, 0.5) is 4.39 Å². The highest BCUT2D eigenvalue weighted by molar-refractivity contribution is 7.10. The van der Waals surface area contributed by atoms with E-state index >= 15 is 0 Å². The lowest BCUT2D eigenvalue weighted by atomic mass is 10.1. The van der Waals surface area contributed by atoms with Gasteiger partial charge in [0.05, 0.1) is 12.6 Å². The third-order valence-corrected chi connectivity index (χ3v) is 5.34. The van der Waals surface area contributed by atoms with Crippen LogP contribution < -0.4 is 5.32 Å². The molecule has 1 aromatic carbocycles. The van der Waals surface area contributed by atoms with Crippen LogP contribution in [-0.2, 0) is 4.79 Å². The van der Waals surface area contributed by atoms with Crippen LogP contribution in [0.3, 0.4) is 0 Å². The SMILES string of the molecule is O=C(CN1CCCCCC1)N[C@@H](c1ccc(F)cc1)c1cccs1. The van der Waals surface area contributed by atoms with Crippen molar-refractivity contribution in [1.82, 2.24) is 10.2 Å². The summed E-state index contributed by atoms with van der Waals surface area (Å²) < 4.78 is 13.2. The molecule has 1 amide bonds. The van der Waals surface area contributed by atoms with Crippen LogP contribution in [0.25, 0.3) is 0 Å². The highest BCUT2D eigenvalue weighted by Crippen LogP contribution is 2.26. The molecule has 0 saturated carbocycles. The average molecular weight is 346 g/mol. The highest BCUT2D eigenvalue weighted by Gasteiger charge is 2.20. The Hall–Kier alpha value is -1.72. The topological polar surface area (TPSA) is 32.3 Å². The highest BCUT2D eigenvalue weighted by atomic mass is 32.1. The quantitative estimate of drug-likeness (QED) is 0.888. The van der Waals surface area contributed by atoms with Crippen LogP contribution in [-0.4, -0.2) is 30.4 Å². The summed E-state index contributed by atoms with van der Waals surface area (Å²) in [6.07, 6.45) is 4.84. The maximum absolute atomic E-state index is 13.2. The summed E-state index contributed by atoms with van der Waals surface area (Å²) in [5.74, 6) is -0.237. The summed E-state index contributed by atoms with van der Waals surface area (Å²) >= 11 is 1.60. The third kappa shape index (κ3) is 4.65. The molecule has 2 aromatic rings. The van der Waals surface area contributed by atoms with E-state index in [-0.39, 0.29) is 17.8 Å². The van der Waals surface area contributed by atoms with Gasteiger partial charge in [-0.2, -0.15) is 0 Å². The lowest BCUT2D eigenvalue weighted by Crippen LogP contribution is -2.39. The maximum Gasteiger partial charge on any atom is 0.234 e. The van der Waals surface area contributed by atoms with E-state index in [1.165, 1.54) is 37.8 Å². The Morgan fingerprint density at radius 3 is 2.46 bits per heavy atom. The van der Waals surface area contributed by atoms with Gasteiger partial charge in [0.2, 0.25) is 5.91 Å². The van der Waals surface area contributed by atoms with Crippen molar-refractivity contribution in [2.24, 2.45) is 0 Å². The number of carbonyl (C=O) groups excluding carboxylic acids is 1. The number of likely N-dealkylation sites (tertiary alicyclic amines) is 1. The van der Waals surface area contributed by atoms with E-state index < -0.39 is 0 Å². The van der Waals surface area contributed by atoms with Crippen molar-refractivity contribution in [3.63, 3.8) is 0 Å². The summed E-state index contributed by atoms with van der Waals surface area (Å²) in [5.41, 5.74) is 0.906. The molecule has 1 aliphatic rings. The lowest BCUT2D eigenvalue weighted by molar-refractivity contribution is -0.122. The summed E-state index contributed by atoms with van der Waals surface area (Å²) in [6.45, 7) is 2.42. The van der Waals surface area contributed by atoms with Crippen LogP contribution in [0.1, 0.15) is 42.2 Å². The molecule has 0 radical (unpaired) electrons. The second-order valence-electron chi connectivity index (χ2n) is 6.26. The lowest BCUT2D eigenvalue weighted by Gasteiger charge is -2.22. The molecule has 128 valence electrons. The largest absolute Gasteiger partial charge is 0.343 e. The van der Waals surface area contributed by atoms with Crippen LogP contribution in [0.2, 0.25) is 0 Å². The number of nitrogens with one attached hydrogen (secondary N) is 1. The van der Waals surface area contributed by atoms with Gasteiger partial charge in [0.15, 0.2) is 0 Å². The number of hydrogen-bond donors (Lipinski definition) is 1. The Labute approximate surface area is 146 Å². The second kappa shape index (κ2) is 8.40. The number of thiophene rings is 1. The normalized spacial score (nSPS) is 17.2. The number of carbonyl (C=O) groups is 1. The van der Waals surface area contributed by atoms with E-state index in [1.54, 1.807) is 23.5 Å². The number of amides is 1. The van der Waals surface area contributed by atoms with E-state index in [2.05, 4.69) is 10.2 Å². The molecule has 1 N–H and O–H groups in total. The van der Waals surface area contributed by atoms with E-state index in [0.29, 0.717) is 6.54 Å². The molecule has 1 aromatic heterocycles. The number of hydrogen-bond acceptors (Lipinski definition) is 3. The van der Waals surface area contributed by atoms with Gasteiger partial charge in [-0.15, -0.1) is 11.3 Å². The molecule has 24 heavy (non-hydrogen) atoms. The van der Waals surface area contributed by atoms with Crippen LogP contribution in [0.15, 0.2) is 41.8 Å². The van der Waals surface area contributed by atoms with Gasteiger partial charge in [-0.1, -0.05) is 31.0 Å². The first-order valence-electron chi connectivity index (χ1n) is 8.53. The zero-order valence-corrected chi connectivity index (χ0v) is 14.5. The van der Waals surface area contributed by atoms with Crippen molar-refractivity contribution >= 4 is 17.2 Å². The van der Waals surface area contributed by atoms with Crippen molar-refractivity contribution in [3.8, 4) is 0 Å². The Morgan fingerprint density at radius 2 is 1.83 bits per heavy atom. The number of benzene rings is 1. The fourth-order valence-electron chi connectivity index (χ4n) is 3.13. The minimum atomic E-state index is -0.264. The van der Waals surface area contributed by atoms with Crippen LogP contribution in [0, 0.1) is 5.82 Å². The zero-order chi connectivity index (χ0) is 16.8. The summed E-state index contributed by atoms with van der Waals surface area (Å²) in [7, 11) is 0. The maximum atomic E-state index is 13.2. The van der Waals surface area contributed by atoms with Crippen molar-refractivity contribution < 1.29 is 9.18 Å². The average Bonchev–Trinajstić information content (AvgIpc) is 2.99. The van der Waals surface area contributed by atoms with Gasteiger partial charge in [-0.3, -0.25) is 9.69 Å². The molecule has 0 spiro atoms. The molecule has 0 bridgehead atoms. The van der Waals surface area contributed by atoms with Crippen molar-refractivity contribution in [2.45, 2.75) is 31.7 Å². The van der Waals surface area contributed by atoms with Crippen molar-refractivity contribution in [3.05, 3.63) is 58.0 Å². The summed E-state index contributed by atoms with van der Waals surface area (Å²) in [6, 6.07) is 10.1. The Morgan fingerprint density at radius 1 is 1.12 bits per heavy atom. The predicted molar refractivity (Wildman–Crippen MR) is 95.6 cm³/mol. The van der Waals surface area contributed by atoms with Gasteiger partial charge in [-0.25, -0.2) is 4.39 Å². The standard InChI is InChI=1S/C19H23FN2OS/c20-16-9-7-15(8-10-16)19(17-6-5-13-24-17)21-18(23)14-22-11-3-1-2-4-12-22/h5-10,13,19H,1-4,11-12,14H2,(H,21,23)/t19-/m0/s1. The first-order valence-corrected chi connectivity index (χ1v) is 9.41. The first kappa shape index (κ1) is 17.1. The minimum Gasteiger partial charge on any atom is -0.343 e. The first-order chi connectivity index (χ1) is 11.7. The van der Waals surface area contributed by atoms with Gasteiger partial charge < -0.3 is 5.32 Å². The zero-order valence-electron chi connectivity index (χ0n) is 13.7. The molecule has 3 rings (SSSR count). The number of nitrogens with zero attached hydrogens (tertiary/aromatic N) is 1. The molecule has 1 fully saturated rings. The van der Waals surface area contributed by atoms with E-state index in [0.717, 1.165) is 23.5 Å². The molecule has 3 nitrogen and oxygen atoms in total. The molecule has 0 unspecified atom stereocenters. The fourth-order valence-corrected chi connectivity index (χ4v) is 3.94. The Balaban J connectivity index is 1.69. The molecule has 1 saturated heterocycles. The number of rotatable bonds is 5. The third-order valence-electron chi connectivity index (χ3n) is 4.40. The van der Waals surface area contributed by atoms with Gasteiger partial charge in [-0.05, 0) is 55.1 Å². The summed E-state index contributed by atoms with van der Waals surface area (Å²) in [5, 5.41) is 5.12. The Kier molecular flexibility index (Phi) is 5.99. The molecule has 1 atom stereocenters. The molecular formula is C19H23FN2OS. The van der Waals surface area contributed by atoms with Gasteiger partial charge in [0.1, 0.15) is 5.82 Å². The van der Waals surface area contributed by atoms with Gasteiger partial charge >= 0.3 is 0 Å². The van der Waals surface area contributed by atoms with Gasteiger partial charge in [0, 0.05) is 4.88 Å². The number of halogens is 1. The van der Waals surface area contributed by atoms with E-state index in [9.17, 15) is 9.18 Å². The second-order valence-corrected chi connectivity index (χ2v) is 7.24. The summed E-state index contributed by atoms with van der Waals surface area (Å²) in [4.78, 5) is 15.8. The fraction of sp³-hybridized carbons (Fsp3) is 0.421.